The number of alkyl halides is 3. The first-order valence-corrected chi connectivity index (χ1v) is 11.0. The van der Waals surface area contributed by atoms with Crippen molar-refractivity contribution >= 4 is 21.4 Å². The van der Waals surface area contributed by atoms with Crippen LogP contribution in [0.15, 0.2) is 53.4 Å². The third-order valence-corrected chi connectivity index (χ3v) is 5.42. The van der Waals surface area contributed by atoms with Gasteiger partial charge in [-0.2, -0.15) is 18.4 Å². The molecule has 0 saturated carbocycles. The van der Waals surface area contributed by atoms with Gasteiger partial charge in [-0.3, -0.25) is 4.79 Å². The lowest BCUT2D eigenvalue weighted by Gasteiger charge is -2.14. The molecule has 170 valence electrons. The van der Waals surface area contributed by atoms with Crippen LogP contribution in [0.1, 0.15) is 27.3 Å². The standard InChI is InChI=1S/C21H15F3N4O4S/c1-12-8-13(11-25)6-7-16(12)32-17-10-18(21(22,23)24)27-28-19(17)20(29)26-14-4-3-5-15(9-14)33(2,30)31/h3-10H,1-2H3,(H,26,29). The van der Waals surface area contributed by atoms with E-state index in [4.69, 9.17) is 10.00 Å². The Morgan fingerprint density at radius 3 is 2.42 bits per heavy atom. The monoisotopic (exact) mass is 476 g/mol. The fourth-order valence-electron chi connectivity index (χ4n) is 2.69. The molecule has 0 radical (unpaired) electrons. The Morgan fingerprint density at radius 1 is 1.09 bits per heavy atom. The van der Waals surface area contributed by atoms with E-state index >= 15 is 0 Å². The maximum atomic E-state index is 13.2. The summed E-state index contributed by atoms with van der Waals surface area (Å²) in [5.74, 6) is -1.40. The minimum Gasteiger partial charge on any atom is -0.454 e. The van der Waals surface area contributed by atoms with E-state index in [9.17, 15) is 26.4 Å². The molecule has 1 N–H and O–H groups in total. The van der Waals surface area contributed by atoms with Crippen molar-refractivity contribution in [3.63, 3.8) is 0 Å². The molecular formula is C21H15F3N4O4S. The second kappa shape index (κ2) is 8.87. The van der Waals surface area contributed by atoms with Gasteiger partial charge >= 0.3 is 6.18 Å². The molecule has 0 aliphatic carbocycles. The normalized spacial score (nSPS) is 11.5. The van der Waals surface area contributed by atoms with Crippen LogP contribution >= 0.6 is 0 Å². The number of benzene rings is 2. The van der Waals surface area contributed by atoms with Crippen LogP contribution in [0.5, 0.6) is 11.5 Å². The number of aryl methyl sites for hydroxylation is 1. The molecule has 0 atom stereocenters. The number of ether oxygens (including phenoxy) is 1. The van der Waals surface area contributed by atoms with Crippen LogP contribution in [-0.4, -0.2) is 30.8 Å². The number of rotatable bonds is 5. The lowest BCUT2D eigenvalue weighted by molar-refractivity contribution is -0.141. The highest BCUT2D eigenvalue weighted by molar-refractivity contribution is 7.90. The largest absolute Gasteiger partial charge is 0.454 e. The number of hydrogen-bond acceptors (Lipinski definition) is 7. The Labute approximate surface area is 186 Å². The maximum absolute atomic E-state index is 13.2. The highest BCUT2D eigenvalue weighted by Crippen LogP contribution is 2.33. The predicted octanol–water partition coefficient (Wildman–Crippen LogP) is 4.12. The Morgan fingerprint density at radius 2 is 1.82 bits per heavy atom. The van der Waals surface area contributed by atoms with Crippen LogP contribution in [0.2, 0.25) is 0 Å². The van der Waals surface area contributed by atoms with Gasteiger partial charge in [0.2, 0.25) is 0 Å². The van der Waals surface area contributed by atoms with Crippen molar-refractivity contribution in [2.75, 3.05) is 11.6 Å². The number of sulfone groups is 1. The number of amides is 1. The SMILES string of the molecule is Cc1cc(C#N)ccc1Oc1cc(C(F)(F)F)nnc1C(=O)Nc1cccc(S(C)(=O)=O)c1. The van der Waals surface area contributed by atoms with Crippen molar-refractivity contribution in [2.45, 2.75) is 18.0 Å². The molecule has 3 aromatic rings. The fourth-order valence-corrected chi connectivity index (χ4v) is 3.36. The van der Waals surface area contributed by atoms with E-state index in [-0.39, 0.29) is 16.3 Å². The first-order valence-electron chi connectivity index (χ1n) is 9.13. The van der Waals surface area contributed by atoms with Crippen molar-refractivity contribution in [1.29, 1.82) is 5.26 Å². The molecule has 33 heavy (non-hydrogen) atoms. The number of nitrogens with one attached hydrogen (secondary N) is 1. The summed E-state index contributed by atoms with van der Waals surface area (Å²) in [4.78, 5) is 12.7. The van der Waals surface area contributed by atoms with Crippen LogP contribution in [0.3, 0.4) is 0 Å². The number of aromatic nitrogens is 2. The number of hydrogen-bond donors (Lipinski definition) is 1. The van der Waals surface area contributed by atoms with Gasteiger partial charge < -0.3 is 10.1 Å². The summed E-state index contributed by atoms with van der Waals surface area (Å²) in [7, 11) is -3.56. The van der Waals surface area contributed by atoms with Gasteiger partial charge in [0.05, 0.1) is 16.5 Å². The molecule has 1 amide bonds. The summed E-state index contributed by atoms with van der Waals surface area (Å²) in [6.07, 6.45) is -3.86. The zero-order valence-corrected chi connectivity index (χ0v) is 18.0. The molecule has 1 aromatic heterocycles. The highest BCUT2D eigenvalue weighted by Gasteiger charge is 2.35. The van der Waals surface area contributed by atoms with Gasteiger partial charge in [-0.1, -0.05) is 6.07 Å². The fraction of sp³-hybridized carbons (Fsp3) is 0.143. The lowest BCUT2D eigenvalue weighted by atomic mass is 10.1. The Hall–Kier alpha value is -3.98. The number of carbonyl (C=O) groups excluding carboxylic acids is 1. The van der Waals surface area contributed by atoms with Crippen LogP contribution in [0.4, 0.5) is 18.9 Å². The number of carbonyl (C=O) groups is 1. The summed E-state index contributed by atoms with van der Waals surface area (Å²) < 4.78 is 68.5. The molecule has 8 nitrogen and oxygen atoms in total. The molecule has 0 aliphatic rings. The molecule has 3 rings (SSSR count). The summed E-state index contributed by atoms with van der Waals surface area (Å²) >= 11 is 0. The van der Waals surface area contributed by atoms with Crippen molar-refractivity contribution < 1.29 is 31.1 Å². The summed E-state index contributed by atoms with van der Waals surface area (Å²) in [5.41, 5.74) is -1.11. The maximum Gasteiger partial charge on any atom is 0.435 e. The van der Waals surface area contributed by atoms with E-state index < -0.39 is 39.1 Å². The second-order valence-electron chi connectivity index (χ2n) is 6.89. The van der Waals surface area contributed by atoms with Gasteiger partial charge in [0.1, 0.15) is 5.75 Å². The molecule has 0 saturated heterocycles. The average Bonchev–Trinajstić information content (AvgIpc) is 2.74. The lowest BCUT2D eigenvalue weighted by Crippen LogP contribution is -2.18. The van der Waals surface area contributed by atoms with E-state index in [1.54, 1.807) is 6.92 Å². The first kappa shape index (κ1) is 23.7. The third kappa shape index (κ3) is 5.64. The van der Waals surface area contributed by atoms with Crippen molar-refractivity contribution in [2.24, 2.45) is 0 Å². The summed E-state index contributed by atoms with van der Waals surface area (Å²) in [6, 6.07) is 12.0. The molecule has 0 unspecified atom stereocenters. The second-order valence-corrected chi connectivity index (χ2v) is 8.90. The zero-order chi connectivity index (χ0) is 24.4. The number of nitrogens with zero attached hydrogens (tertiary/aromatic N) is 3. The minimum atomic E-state index is -4.84. The number of halogens is 3. The van der Waals surface area contributed by atoms with Crippen molar-refractivity contribution in [3.05, 3.63) is 71.0 Å². The molecule has 0 spiro atoms. The minimum absolute atomic E-state index is 0.0662. The zero-order valence-electron chi connectivity index (χ0n) is 17.1. The first-order chi connectivity index (χ1) is 15.4. The summed E-state index contributed by atoms with van der Waals surface area (Å²) in [5, 5.41) is 17.8. The van der Waals surface area contributed by atoms with E-state index in [1.165, 1.54) is 42.5 Å². The Kier molecular flexibility index (Phi) is 6.37. The smallest absolute Gasteiger partial charge is 0.435 e. The van der Waals surface area contributed by atoms with Crippen LogP contribution < -0.4 is 10.1 Å². The van der Waals surface area contributed by atoms with E-state index in [2.05, 4.69) is 15.5 Å². The molecule has 0 bridgehead atoms. The molecule has 1 heterocycles. The molecule has 12 heteroatoms. The molecule has 0 aliphatic heterocycles. The molecule has 2 aromatic carbocycles. The van der Waals surface area contributed by atoms with E-state index in [0.717, 1.165) is 6.26 Å². The van der Waals surface area contributed by atoms with Gasteiger partial charge in [0.25, 0.3) is 5.91 Å². The van der Waals surface area contributed by atoms with Gasteiger partial charge in [0, 0.05) is 18.0 Å². The van der Waals surface area contributed by atoms with E-state index in [1.807, 2.05) is 6.07 Å². The van der Waals surface area contributed by atoms with Crippen LogP contribution in [0.25, 0.3) is 0 Å². The topological polar surface area (TPSA) is 122 Å². The van der Waals surface area contributed by atoms with Gasteiger partial charge in [-0.15, -0.1) is 10.2 Å². The number of nitriles is 1. The van der Waals surface area contributed by atoms with Gasteiger partial charge in [-0.05, 0) is 48.9 Å². The van der Waals surface area contributed by atoms with Gasteiger partial charge in [0.15, 0.2) is 27.0 Å². The van der Waals surface area contributed by atoms with Crippen molar-refractivity contribution in [3.8, 4) is 17.6 Å². The Balaban J connectivity index is 2.01. The summed E-state index contributed by atoms with van der Waals surface area (Å²) in [6.45, 7) is 1.58. The number of anilines is 1. The molecule has 0 fully saturated rings. The van der Waals surface area contributed by atoms with Gasteiger partial charge in [-0.25, -0.2) is 8.42 Å². The third-order valence-electron chi connectivity index (χ3n) is 4.31. The van der Waals surface area contributed by atoms with E-state index in [0.29, 0.717) is 17.2 Å². The highest BCUT2D eigenvalue weighted by atomic mass is 32.2. The Bertz CT molecular complexity index is 1380. The van der Waals surface area contributed by atoms with Crippen LogP contribution in [-0.2, 0) is 16.0 Å². The molecular weight excluding hydrogens is 461 g/mol. The van der Waals surface area contributed by atoms with Crippen LogP contribution in [0, 0.1) is 18.3 Å². The predicted molar refractivity (Wildman–Crippen MR) is 111 cm³/mol. The van der Waals surface area contributed by atoms with Crippen molar-refractivity contribution in [1.82, 2.24) is 10.2 Å². The average molecular weight is 476 g/mol. The quantitative estimate of drug-likeness (QED) is 0.588.